The van der Waals surface area contributed by atoms with Gasteiger partial charge in [-0.3, -0.25) is 14.4 Å². The lowest BCUT2D eigenvalue weighted by Crippen LogP contribution is -2.23. The molecule has 3 aromatic rings. The fourth-order valence-corrected chi connectivity index (χ4v) is 3.90. The fourth-order valence-electron chi connectivity index (χ4n) is 3.90. The number of fused-ring (bicyclic) bond motifs is 1. The molecule has 0 aromatic heterocycles. The van der Waals surface area contributed by atoms with Crippen molar-refractivity contribution >= 4 is 35.2 Å². The first-order valence-corrected chi connectivity index (χ1v) is 11.8. The van der Waals surface area contributed by atoms with Crippen molar-refractivity contribution in [3.63, 3.8) is 0 Å². The van der Waals surface area contributed by atoms with Crippen molar-refractivity contribution in [2.45, 2.75) is 26.7 Å². The molecule has 4 rings (SSSR count). The Balaban J connectivity index is 1.45. The van der Waals surface area contributed by atoms with Crippen LogP contribution in [0.5, 0.6) is 5.75 Å². The Morgan fingerprint density at radius 2 is 1.78 bits per heavy atom. The van der Waals surface area contributed by atoms with Gasteiger partial charge in [-0.05, 0) is 68.3 Å². The molecule has 1 heterocycles. The van der Waals surface area contributed by atoms with Gasteiger partial charge in [-0.15, -0.1) is 0 Å². The Labute approximate surface area is 210 Å². The van der Waals surface area contributed by atoms with Gasteiger partial charge in [0.25, 0.3) is 11.8 Å². The van der Waals surface area contributed by atoms with Crippen LogP contribution in [-0.2, 0) is 20.7 Å². The quantitative estimate of drug-likeness (QED) is 0.431. The number of nitrogens with one attached hydrogen (secondary N) is 2. The van der Waals surface area contributed by atoms with Crippen LogP contribution in [0.4, 0.5) is 11.4 Å². The van der Waals surface area contributed by atoms with Gasteiger partial charge in [0.05, 0.1) is 23.4 Å². The number of carbonyl (C=O) groups is 3. The van der Waals surface area contributed by atoms with Crippen molar-refractivity contribution in [3.05, 3.63) is 94.6 Å². The summed E-state index contributed by atoms with van der Waals surface area (Å²) in [5.74, 6) is -0.207. The summed E-state index contributed by atoms with van der Waals surface area (Å²) in [4.78, 5) is 37.7. The predicted molar refractivity (Wildman–Crippen MR) is 139 cm³/mol. The molecule has 0 spiro atoms. The van der Waals surface area contributed by atoms with E-state index in [2.05, 4.69) is 10.6 Å². The highest BCUT2D eigenvalue weighted by molar-refractivity contribution is 6.13. The summed E-state index contributed by atoms with van der Waals surface area (Å²) in [6.07, 6.45) is 2.59. The number of carbonyl (C=O) groups excluding carboxylic acids is 3. The minimum absolute atomic E-state index is 0.148. The van der Waals surface area contributed by atoms with E-state index in [1.165, 1.54) is 0 Å². The lowest BCUT2D eigenvalue weighted by atomic mass is 10.0. The summed E-state index contributed by atoms with van der Waals surface area (Å²) < 4.78 is 10.7. The number of anilines is 2. The number of ether oxygens (including phenoxy) is 2. The average molecular weight is 485 g/mol. The zero-order valence-electron chi connectivity index (χ0n) is 20.3. The van der Waals surface area contributed by atoms with Crippen LogP contribution >= 0.6 is 0 Å². The molecule has 184 valence electrons. The van der Waals surface area contributed by atoms with E-state index >= 15 is 0 Å². The number of esters is 1. The number of rotatable bonds is 8. The maximum atomic E-state index is 13.1. The molecule has 36 heavy (non-hydrogen) atoms. The summed E-state index contributed by atoms with van der Waals surface area (Å²) in [5, 5.41) is 5.73. The van der Waals surface area contributed by atoms with Crippen molar-refractivity contribution < 1.29 is 23.9 Å². The van der Waals surface area contributed by atoms with E-state index in [9.17, 15) is 14.4 Å². The van der Waals surface area contributed by atoms with Gasteiger partial charge in [-0.2, -0.15) is 0 Å². The second-order valence-corrected chi connectivity index (χ2v) is 8.46. The van der Waals surface area contributed by atoms with Crippen LogP contribution in [0.1, 0.15) is 40.4 Å². The van der Waals surface area contributed by atoms with Crippen LogP contribution in [0.2, 0.25) is 0 Å². The molecule has 0 bridgehead atoms. The minimum atomic E-state index is -0.358. The van der Waals surface area contributed by atoms with E-state index in [1.807, 2.05) is 49.4 Å². The zero-order chi connectivity index (χ0) is 25.5. The van der Waals surface area contributed by atoms with Crippen LogP contribution in [0, 0.1) is 6.92 Å². The zero-order valence-corrected chi connectivity index (χ0v) is 20.3. The normalized spacial score (nSPS) is 12.0. The van der Waals surface area contributed by atoms with Crippen molar-refractivity contribution in [3.8, 4) is 5.75 Å². The molecule has 0 fully saturated rings. The Bertz CT molecular complexity index is 1330. The molecule has 0 saturated carbocycles. The number of hydrogen-bond acceptors (Lipinski definition) is 5. The number of aryl methyl sites for hydroxylation is 2. The fraction of sp³-hybridized carbons (Fsp3) is 0.207. The molecule has 2 amide bonds. The molecule has 7 nitrogen and oxygen atoms in total. The van der Waals surface area contributed by atoms with Crippen LogP contribution in [0.3, 0.4) is 0 Å². The van der Waals surface area contributed by atoms with Crippen LogP contribution in [0.15, 0.2) is 72.3 Å². The summed E-state index contributed by atoms with van der Waals surface area (Å²) in [6, 6.07) is 20.0. The molecular formula is C29H28N2O5. The second-order valence-electron chi connectivity index (χ2n) is 8.46. The highest BCUT2D eigenvalue weighted by Crippen LogP contribution is 2.28. The first-order valence-electron chi connectivity index (χ1n) is 11.8. The van der Waals surface area contributed by atoms with E-state index in [0.717, 1.165) is 22.4 Å². The Kier molecular flexibility index (Phi) is 7.80. The van der Waals surface area contributed by atoms with Gasteiger partial charge in [0.1, 0.15) is 12.4 Å². The lowest BCUT2D eigenvalue weighted by molar-refractivity contribution is -0.143. The van der Waals surface area contributed by atoms with E-state index in [4.69, 9.17) is 9.47 Å². The van der Waals surface area contributed by atoms with E-state index in [0.29, 0.717) is 35.5 Å². The SMILES string of the molecule is CCOC(=O)CCc1cccc(NC(=O)c2ccccc2NC(=O)C2=Cc3cc(C)ccc3OC2)c1. The average Bonchev–Trinajstić information content (AvgIpc) is 2.87. The third-order valence-corrected chi connectivity index (χ3v) is 5.70. The number of hydrogen-bond donors (Lipinski definition) is 2. The van der Waals surface area contributed by atoms with Gasteiger partial charge < -0.3 is 20.1 Å². The monoisotopic (exact) mass is 484 g/mol. The van der Waals surface area contributed by atoms with Crippen LogP contribution < -0.4 is 15.4 Å². The largest absolute Gasteiger partial charge is 0.488 e. The van der Waals surface area contributed by atoms with Crippen molar-refractivity contribution in [2.75, 3.05) is 23.8 Å². The molecule has 0 aliphatic carbocycles. The number of benzene rings is 3. The standard InChI is InChI=1S/C29H28N2O5/c1-3-35-27(32)14-12-20-7-6-8-23(16-20)30-29(34)24-9-4-5-10-25(24)31-28(33)22-17-21-15-19(2)11-13-26(21)36-18-22/h4-11,13,15-17H,3,12,14,18H2,1-2H3,(H,30,34)(H,31,33). The predicted octanol–water partition coefficient (Wildman–Crippen LogP) is 5.16. The number of para-hydroxylation sites is 1. The lowest BCUT2D eigenvalue weighted by Gasteiger charge is -2.19. The van der Waals surface area contributed by atoms with Gasteiger partial charge in [-0.1, -0.05) is 35.9 Å². The molecule has 3 aromatic carbocycles. The third kappa shape index (κ3) is 6.18. The van der Waals surface area contributed by atoms with E-state index < -0.39 is 0 Å². The Morgan fingerprint density at radius 1 is 0.944 bits per heavy atom. The molecule has 7 heteroatoms. The van der Waals surface area contributed by atoms with E-state index in [-0.39, 0.29) is 30.8 Å². The van der Waals surface area contributed by atoms with Crippen LogP contribution in [0.25, 0.3) is 6.08 Å². The highest BCUT2D eigenvalue weighted by Gasteiger charge is 2.20. The molecule has 0 saturated heterocycles. The third-order valence-electron chi connectivity index (χ3n) is 5.70. The summed E-state index contributed by atoms with van der Waals surface area (Å²) in [5.41, 5.74) is 4.62. The van der Waals surface area contributed by atoms with Gasteiger partial charge >= 0.3 is 5.97 Å². The van der Waals surface area contributed by atoms with Crippen molar-refractivity contribution in [1.29, 1.82) is 0 Å². The molecule has 0 atom stereocenters. The molecule has 0 unspecified atom stereocenters. The first-order chi connectivity index (χ1) is 17.4. The molecular weight excluding hydrogens is 456 g/mol. The van der Waals surface area contributed by atoms with Crippen LogP contribution in [-0.4, -0.2) is 31.0 Å². The molecule has 2 N–H and O–H groups in total. The molecule has 1 aliphatic heterocycles. The maximum Gasteiger partial charge on any atom is 0.306 e. The minimum Gasteiger partial charge on any atom is -0.488 e. The van der Waals surface area contributed by atoms with Crippen molar-refractivity contribution in [2.24, 2.45) is 0 Å². The summed E-state index contributed by atoms with van der Waals surface area (Å²) in [6.45, 7) is 4.25. The second kappa shape index (κ2) is 11.4. The van der Waals surface area contributed by atoms with Crippen molar-refractivity contribution in [1.82, 2.24) is 0 Å². The topological polar surface area (TPSA) is 93.7 Å². The summed E-state index contributed by atoms with van der Waals surface area (Å²) in [7, 11) is 0. The summed E-state index contributed by atoms with van der Waals surface area (Å²) >= 11 is 0. The molecule has 0 radical (unpaired) electrons. The van der Waals surface area contributed by atoms with Gasteiger partial charge in [0, 0.05) is 17.7 Å². The molecule has 1 aliphatic rings. The Morgan fingerprint density at radius 3 is 2.61 bits per heavy atom. The van der Waals surface area contributed by atoms with E-state index in [1.54, 1.807) is 37.3 Å². The Hall–Kier alpha value is -4.39. The highest BCUT2D eigenvalue weighted by atomic mass is 16.5. The van der Waals surface area contributed by atoms with Gasteiger partial charge in [0.2, 0.25) is 0 Å². The van der Waals surface area contributed by atoms with Gasteiger partial charge in [0.15, 0.2) is 0 Å². The van der Waals surface area contributed by atoms with Gasteiger partial charge in [-0.25, -0.2) is 0 Å². The number of amides is 2. The maximum absolute atomic E-state index is 13.1. The first kappa shape index (κ1) is 24.7. The smallest absolute Gasteiger partial charge is 0.306 e.